The number of amides is 2. The van der Waals surface area contributed by atoms with Gasteiger partial charge in [-0.05, 0) is 30.0 Å². The highest BCUT2D eigenvalue weighted by Gasteiger charge is 2.12. The van der Waals surface area contributed by atoms with E-state index in [9.17, 15) is 9.59 Å². The van der Waals surface area contributed by atoms with Crippen LogP contribution in [0.25, 0.3) is 0 Å². The summed E-state index contributed by atoms with van der Waals surface area (Å²) >= 11 is 1.48. The number of carbonyl (C=O) groups is 2. The van der Waals surface area contributed by atoms with Crippen LogP contribution in [0.1, 0.15) is 23.2 Å². The summed E-state index contributed by atoms with van der Waals surface area (Å²) in [6.45, 7) is 3.61. The number of thiophene rings is 1. The van der Waals surface area contributed by atoms with Crippen LogP contribution in [0, 0.1) is 0 Å². The molecule has 3 heterocycles. The Morgan fingerprint density at radius 1 is 1.23 bits per heavy atom. The molecule has 0 aromatic carbocycles. The van der Waals surface area contributed by atoms with Crippen molar-refractivity contribution >= 4 is 34.7 Å². The van der Waals surface area contributed by atoms with Crippen LogP contribution >= 0.6 is 11.3 Å². The van der Waals surface area contributed by atoms with Crippen LogP contribution < -0.4 is 15.5 Å². The lowest BCUT2D eigenvalue weighted by molar-refractivity contribution is -0.116. The van der Waals surface area contributed by atoms with Gasteiger partial charge in [0.1, 0.15) is 5.82 Å². The predicted octanol–water partition coefficient (Wildman–Crippen LogP) is 2.13. The second kappa shape index (κ2) is 9.30. The van der Waals surface area contributed by atoms with E-state index < -0.39 is 0 Å². The summed E-state index contributed by atoms with van der Waals surface area (Å²) in [5.41, 5.74) is 1.69. The van der Waals surface area contributed by atoms with Gasteiger partial charge in [0.05, 0.1) is 25.1 Å². The van der Waals surface area contributed by atoms with E-state index in [0.717, 1.165) is 32.0 Å². The summed E-state index contributed by atoms with van der Waals surface area (Å²) in [6, 6.07) is 5.54. The monoisotopic (exact) mass is 374 g/mol. The number of ether oxygens (including phenoxy) is 1. The Labute approximate surface area is 156 Å². The normalized spacial score (nSPS) is 14.1. The average Bonchev–Trinajstić information content (AvgIpc) is 3.21. The van der Waals surface area contributed by atoms with Gasteiger partial charge < -0.3 is 20.3 Å². The summed E-state index contributed by atoms with van der Waals surface area (Å²) in [4.78, 5) is 30.3. The molecular formula is C18H22N4O3S. The SMILES string of the molecule is O=C(CCCNC(=O)c1ccsc1)Nc1ccc(N2CCOCC2)cn1. The molecule has 0 spiro atoms. The first-order chi connectivity index (χ1) is 12.7. The molecule has 0 saturated carbocycles. The summed E-state index contributed by atoms with van der Waals surface area (Å²) in [7, 11) is 0. The van der Waals surface area contributed by atoms with Crippen molar-refractivity contribution in [1.82, 2.24) is 10.3 Å². The molecule has 2 N–H and O–H groups in total. The van der Waals surface area contributed by atoms with E-state index in [1.165, 1.54) is 11.3 Å². The van der Waals surface area contributed by atoms with E-state index in [0.29, 0.717) is 30.8 Å². The number of pyridine rings is 1. The van der Waals surface area contributed by atoms with E-state index in [1.54, 1.807) is 23.7 Å². The number of anilines is 2. The van der Waals surface area contributed by atoms with Crippen LogP contribution in [0.15, 0.2) is 35.2 Å². The third-order valence-corrected chi connectivity index (χ3v) is 4.72. The lowest BCUT2D eigenvalue weighted by atomic mass is 10.2. The number of nitrogens with zero attached hydrogens (tertiary/aromatic N) is 2. The zero-order chi connectivity index (χ0) is 18.2. The first kappa shape index (κ1) is 18.3. The van der Waals surface area contributed by atoms with Crippen molar-refractivity contribution in [2.24, 2.45) is 0 Å². The Morgan fingerprint density at radius 3 is 2.77 bits per heavy atom. The van der Waals surface area contributed by atoms with Crippen LogP contribution in [-0.4, -0.2) is 49.6 Å². The molecule has 2 aromatic rings. The van der Waals surface area contributed by atoms with Gasteiger partial charge in [-0.15, -0.1) is 0 Å². The summed E-state index contributed by atoms with van der Waals surface area (Å²) in [6.07, 6.45) is 2.67. The molecule has 138 valence electrons. The highest BCUT2D eigenvalue weighted by molar-refractivity contribution is 7.08. The predicted molar refractivity (Wildman–Crippen MR) is 102 cm³/mol. The topological polar surface area (TPSA) is 83.6 Å². The maximum atomic E-state index is 12.0. The number of rotatable bonds is 7. The summed E-state index contributed by atoms with van der Waals surface area (Å²) in [5, 5.41) is 9.25. The molecule has 3 rings (SSSR count). The van der Waals surface area contributed by atoms with E-state index >= 15 is 0 Å². The number of carbonyl (C=O) groups excluding carboxylic acids is 2. The van der Waals surface area contributed by atoms with Gasteiger partial charge in [0.15, 0.2) is 0 Å². The van der Waals surface area contributed by atoms with Crippen LogP contribution in [-0.2, 0) is 9.53 Å². The second-order valence-electron chi connectivity index (χ2n) is 5.92. The number of morpholine rings is 1. The molecule has 0 bridgehead atoms. The number of nitrogens with one attached hydrogen (secondary N) is 2. The van der Waals surface area contributed by atoms with Crippen LogP contribution in [0.3, 0.4) is 0 Å². The minimum absolute atomic E-state index is 0.105. The number of hydrogen-bond acceptors (Lipinski definition) is 6. The third kappa shape index (κ3) is 5.27. The second-order valence-corrected chi connectivity index (χ2v) is 6.70. The third-order valence-electron chi connectivity index (χ3n) is 4.04. The van der Waals surface area contributed by atoms with Gasteiger partial charge in [-0.25, -0.2) is 4.98 Å². The van der Waals surface area contributed by atoms with Gasteiger partial charge in [-0.3, -0.25) is 9.59 Å². The summed E-state index contributed by atoms with van der Waals surface area (Å²) in [5.74, 6) is 0.322. The van der Waals surface area contributed by atoms with Crippen LogP contribution in [0.2, 0.25) is 0 Å². The maximum absolute atomic E-state index is 12.0. The van der Waals surface area contributed by atoms with Gasteiger partial charge >= 0.3 is 0 Å². The Morgan fingerprint density at radius 2 is 2.08 bits per heavy atom. The minimum Gasteiger partial charge on any atom is -0.378 e. The molecule has 1 fully saturated rings. The van der Waals surface area contributed by atoms with Crippen molar-refractivity contribution in [3.63, 3.8) is 0 Å². The zero-order valence-electron chi connectivity index (χ0n) is 14.4. The average molecular weight is 374 g/mol. The Balaban J connectivity index is 1.37. The largest absolute Gasteiger partial charge is 0.378 e. The molecule has 2 aromatic heterocycles. The quantitative estimate of drug-likeness (QED) is 0.726. The zero-order valence-corrected chi connectivity index (χ0v) is 15.3. The molecule has 0 radical (unpaired) electrons. The molecule has 2 amide bonds. The van der Waals surface area contributed by atoms with Crippen molar-refractivity contribution < 1.29 is 14.3 Å². The van der Waals surface area contributed by atoms with Gasteiger partial charge in [0, 0.05) is 37.0 Å². The van der Waals surface area contributed by atoms with Gasteiger partial charge in [-0.2, -0.15) is 11.3 Å². The van der Waals surface area contributed by atoms with E-state index in [1.807, 2.05) is 11.4 Å². The molecule has 8 heteroatoms. The fourth-order valence-corrected chi connectivity index (χ4v) is 3.26. The van der Waals surface area contributed by atoms with Crippen molar-refractivity contribution in [1.29, 1.82) is 0 Å². The van der Waals surface area contributed by atoms with Crippen LogP contribution in [0.4, 0.5) is 11.5 Å². The van der Waals surface area contributed by atoms with Crippen molar-refractivity contribution in [2.45, 2.75) is 12.8 Å². The van der Waals surface area contributed by atoms with E-state index in [-0.39, 0.29) is 11.8 Å². The lowest BCUT2D eigenvalue weighted by Crippen LogP contribution is -2.36. The van der Waals surface area contributed by atoms with Crippen molar-refractivity contribution in [3.8, 4) is 0 Å². The van der Waals surface area contributed by atoms with E-state index in [4.69, 9.17) is 4.74 Å². The molecule has 26 heavy (non-hydrogen) atoms. The molecule has 0 aliphatic carbocycles. The highest BCUT2D eigenvalue weighted by Crippen LogP contribution is 2.16. The van der Waals surface area contributed by atoms with Gasteiger partial charge in [0.2, 0.25) is 5.91 Å². The minimum atomic E-state index is -0.110. The molecule has 1 aliphatic rings. The molecule has 7 nitrogen and oxygen atoms in total. The lowest BCUT2D eigenvalue weighted by Gasteiger charge is -2.28. The Kier molecular flexibility index (Phi) is 6.56. The Hall–Kier alpha value is -2.45. The fraction of sp³-hybridized carbons (Fsp3) is 0.389. The molecular weight excluding hydrogens is 352 g/mol. The standard InChI is InChI=1S/C18H22N4O3S/c23-17(2-1-6-19-18(24)14-5-11-26-13-14)21-16-4-3-15(12-20-16)22-7-9-25-10-8-22/h3-5,11-13H,1-2,6-10H2,(H,19,24)(H,20,21,23). The molecule has 0 atom stereocenters. The van der Waals surface area contributed by atoms with Crippen LogP contribution in [0.5, 0.6) is 0 Å². The number of aromatic nitrogens is 1. The fourth-order valence-electron chi connectivity index (χ4n) is 2.62. The first-order valence-electron chi connectivity index (χ1n) is 8.61. The smallest absolute Gasteiger partial charge is 0.252 e. The Bertz CT molecular complexity index is 713. The molecule has 1 aliphatic heterocycles. The molecule has 1 saturated heterocycles. The van der Waals surface area contributed by atoms with E-state index in [2.05, 4.69) is 20.5 Å². The van der Waals surface area contributed by atoms with Gasteiger partial charge in [0.25, 0.3) is 5.91 Å². The molecule has 0 unspecified atom stereocenters. The van der Waals surface area contributed by atoms with Gasteiger partial charge in [-0.1, -0.05) is 0 Å². The number of hydrogen-bond donors (Lipinski definition) is 2. The van der Waals surface area contributed by atoms with Crippen molar-refractivity contribution in [3.05, 3.63) is 40.7 Å². The maximum Gasteiger partial charge on any atom is 0.252 e. The first-order valence-corrected chi connectivity index (χ1v) is 9.55. The highest BCUT2D eigenvalue weighted by atomic mass is 32.1. The summed E-state index contributed by atoms with van der Waals surface area (Å²) < 4.78 is 5.34. The van der Waals surface area contributed by atoms with Crippen molar-refractivity contribution in [2.75, 3.05) is 43.1 Å².